The van der Waals surface area contributed by atoms with Gasteiger partial charge in [0.15, 0.2) is 0 Å². The van der Waals surface area contributed by atoms with Gasteiger partial charge >= 0.3 is 164 Å². The molecule has 0 saturated heterocycles. The molecule has 4 atom stereocenters. The number of nitrogens with one attached hydrogen (secondary N) is 1. The number of hydrogen-bond acceptors (Lipinski definition) is 3. The number of hydrogen-bond donors (Lipinski definition) is 1. The zero-order valence-electron chi connectivity index (χ0n) is 16.5. The Balaban J connectivity index is 1.65. The summed E-state index contributed by atoms with van der Waals surface area (Å²) in [4.78, 5) is 0. The van der Waals surface area contributed by atoms with Gasteiger partial charge in [-0.1, -0.05) is 0 Å². The molecule has 1 aromatic rings. The van der Waals surface area contributed by atoms with Crippen LogP contribution in [0.15, 0.2) is 11.4 Å². The van der Waals surface area contributed by atoms with Crippen LogP contribution in [0.5, 0.6) is 0 Å². The summed E-state index contributed by atoms with van der Waals surface area (Å²) < 4.78 is 7.78. The van der Waals surface area contributed by atoms with Gasteiger partial charge in [-0.2, -0.15) is 0 Å². The van der Waals surface area contributed by atoms with Crippen LogP contribution in [0.25, 0.3) is 0 Å². The van der Waals surface area contributed by atoms with E-state index in [1.807, 2.05) is 0 Å². The summed E-state index contributed by atoms with van der Waals surface area (Å²) in [6.07, 6.45) is 2.79. The molecule has 0 bridgehead atoms. The topological polar surface area (TPSA) is 21.3 Å². The van der Waals surface area contributed by atoms with Gasteiger partial charge < -0.3 is 0 Å². The number of thiophene rings is 1. The third-order valence-electron chi connectivity index (χ3n) is 7.63. The van der Waals surface area contributed by atoms with E-state index in [0.717, 1.165) is 22.7 Å². The Hall–Kier alpha value is 0.127. The first kappa shape index (κ1) is 19.9. The summed E-state index contributed by atoms with van der Waals surface area (Å²) in [6.45, 7) is 12.7. The molecule has 2 fully saturated rings. The average Bonchev–Trinajstić information content (AvgIpc) is 3.04. The zero-order valence-corrected chi connectivity index (χ0v) is 19.2. The third-order valence-corrected chi connectivity index (χ3v) is 14.2. The molecule has 0 spiro atoms. The van der Waals surface area contributed by atoms with Crippen LogP contribution < -0.4 is 5.32 Å². The molecule has 2 saturated carbocycles. The third kappa shape index (κ3) is 3.89. The van der Waals surface area contributed by atoms with E-state index in [-0.39, 0.29) is 6.10 Å². The Bertz CT molecular complexity index is 564. The Morgan fingerprint density at radius 1 is 1.24 bits per heavy atom. The Morgan fingerprint density at radius 2 is 1.84 bits per heavy atom. The second-order valence-electron chi connectivity index (χ2n) is 8.98. The summed E-state index contributed by atoms with van der Waals surface area (Å²) in [5, 5.41) is 5.93. The predicted octanol–water partition coefficient (Wildman–Crippen LogP) is 6.22. The molecule has 5 heteroatoms. The molecule has 2 aliphatic rings. The molecule has 1 heterocycles. The molecule has 0 aliphatic heterocycles. The summed E-state index contributed by atoms with van der Waals surface area (Å²) in [5.41, 5.74) is 1.79. The van der Waals surface area contributed by atoms with Gasteiger partial charge in [-0.25, -0.2) is 0 Å². The zero-order chi connectivity index (χ0) is 18.2. The average molecular weight is 401 g/mol. The van der Waals surface area contributed by atoms with Gasteiger partial charge in [0.2, 0.25) is 0 Å². The molecular weight excluding hydrogens is 366 g/mol. The van der Waals surface area contributed by atoms with Crippen molar-refractivity contribution >= 4 is 31.3 Å². The Kier molecular flexibility index (Phi) is 6.07. The van der Waals surface area contributed by atoms with Crippen molar-refractivity contribution in [2.45, 2.75) is 77.7 Å². The minimum atomic E-state index is -1.98. The first-order chi connectivity index (χ1) is 11.9. The van der Waals surface area contributed by atoms with E-state index >= 15 is 0 Å². The van der Waals surface area contributed by atoms with Crippen molar-refractivity contribution in [3.63, 3.8) is 0 Å². The van der Waals surface area contributed by atoms with Gasteiger partial charge in [-0.05, 0) is 0 Å². The normalized spacial score (nSPS) is 29.4. The maximum absolute atomic E-state index is 6.88. The SMILES string of the molecule is CC[SiH-](CC)(CC)OC(CNC1C[C@@H]2[C@H](C1)C2(C)C)c1ccsc1Cl. The number of halogens is 1. The molecule has 0 aromatic carbocycles. The molecule has 25 heavy (non-hydrogen) atoms. The van der Waals surface area contributed by atoms with E-state index in [9.17, 15) is 0 Å². The van der Waals surface area contributed by atoms with Gasteiger partial charge in [-0.15, -0.1) is 0 Å². The predicted molar refractivity (Wildman–Crippen MR) is 114 cm³/mol. The molecule has 2 unspecified atom stereocenters. The van der Waals surface area contributed by atoms with Gasteiger partial charge in [-0.3, -0.25) is 0 Å². The van der Waals surface area contributed by atoms with Crippen molar-refractivity contribution in [1.82, 2.24) is 5.32 Å². The van der Waals surface area contributed by atoms with Crippen LogP contribution in [0.4, 0.5) is 0 Å². The van der Waals surface area contributed by atoms with E-state index in [4.69, 9.17) is 16.0 Å². The molecule has 1 N–H and O–H groups in total. The fourth-order valence-corrected chi connectivity index (χ4v) is 9.47. The van der Waals surface area contributed by atoms with E-state index in [2.05, 4.69) is 51.4 Å². The maximum atomic E-state index is 6.88. The van der Waals surface area contributed by atoms with Crippen LogP contribution in [-0.4, -0.2) is 20.9 Å². The molecule has 144 valence electrons. The fraction of sp³-hybridized carbons (Fsp3) is 0.800. The van der Waals surface area contributed by atoms with Crippen molar-refractivity contribution < 1.29 is 4.43 Å². The van der Waals surface area contributed by atoms with Gasteiger partial charge in [0, 0.05) is 0 Å². The van der Waals surface area contributed by atoms with Crippen molar-refractivity contribution in [3.05, 3.63) is 21.3 Å². The fourth-order valence-electron chi connectivity index (χ4n) is 5.21. The van der Waals surface area contributed by atoms with Crippen LogP contribution in [-0.2, 0) is 4.43 Å². The monoisotopic (exact) mass is 400 g/mol. The first-order valence-corrected chi connectivity index (χ1v) is 14.4. The van der Waals surface area contributed by atoms with Crippen molar-refractivity contribution in [2.75, 3.05) is 6.54 Å². The van der Waals surface area contributed by atoms with Crippen molar-refractivity contribution in [2.24, 2.45) is 17.3 Å². The summed E-state index contributed by atoms with van der Waals surface area (Å²) in [5.74, 6) is 1.87. The van der Waals surface area contributed by atoms with Gasteiger partial charge in [0.25, 0.3) is 0 Å². The van der Waals surface area contributed by atoms with Crippen LogP contribution in [0.3, 0.4) is 0 Å². The van der Waals surface area contributed by atoms with Crippen LogP contribution in [0.1, 0.15) is 59.1 Å². The Morgan fingerprint density at radius 3 is 2.32 bits per heavy atom. The van der Waals surface area contributed by atoms with Crippen LogP contribution in [0, 0.1) is 17.3 Å². The summed E-state index contributed by atoms with van der Waals surface area (Å²) in [6, 6.07) is 6.45. The Labute approximate surface area is 163 Å². The number of rotatable bonds is 9. The first-order valence-electron chi connectivity index (χ1n) is 10.2. The van der Waals surface area contributed by atoms with E-state index < -0.39 is 8.32 Å². The van der Waals surface area contributed by atoms with Crippen molar-refractivity contribution in [3.8, 4) is 0 Å². The molecular formula is C20H35ClNOSSi-. The molecule has 2 aliphatic carbocycles. The quantitative estimate of drug-likeness (QED) is 0.496. The molecule has 2 nitrogen and oxygen atoms in total. The van der Waals surface area contributed by atoms with Gasteiger partial charge in [0.1, 0.15) is 0 Å². The second-order valence-corrected chi connectivity index (χ2v) is 15.9. The second kappa shape index (κ2) is 7.63. The standard InChI is InChI=1S/C20H35ClNOSSi/c1-6-25(7-2,8-3)23-18(15-9-10-24-19(15)21)13-22-14-11-16-17(12-14)20(16,4)5/h9-10,14,16-18,22,25H,6-8,11-13H2,1-5H3/q-1/t14?,16-,17+,18?. The number of fused-ring (bicyclic) bond motifs is 1. The van der Waals surface area contributed by atoms with E-state index in [0.29, 0.717) is 11.5 Å². The van der Waals surface area contributed by atoms with E-state index in [1.165, 1.54) is 36.5 Å². The minimum absolute atomic E-state index is 0.119. The summed E-state index contributed by atoms with van der Waals surface area (Å²) in [7, 11) is -1.98. The molecule has 3 rings (SSSR count). The van der Waals surface area contributed by atoms with Crippen LogP contribution >= 0.6 is 22.9 Å². The van der Waals surface area contributed by atoms with Crippen LogP contribution in [0.2, 0.25) is 22.5 Å². The summed E-state index contributed by atoms with van der Waals surface area (Å²) >= 11 is 8.11. The molecule has 1 aromatic heterocycles. The molecule has 0 amide bonds. The van der Waals surface area contributed by atoms with E-state index in [1.54, 1.807) is 11.3 Å². The van der Waals surface area contributed by atoms with Crippen molar-refractivity contribution in [1.29, 1.82) is 0 Å². The van der Waals surface area contributed by atoms with Gasteiger partial charge in [0.05, 0.1) is 0 Å². The molecule has 0 radical (unpaired) electrons.